The van der Waals surface area contributed by atoms with Crippen molar-refractivity contribution in [2.75, 3.05) is 43.8 Å². The number of rotatable bonds is 9. The van der Waals surface area contributed by atoms with Gasteiger partial charge in [-0.1, -0.05) is 5.11 Å². The molecule has 29 heavy (non-hydrogen) atoms. The first kappa shape index (κ1) is 19.6. The van der Waals surface area contributed by atoms with Gasteiger partial charge < -0.3 is 26.0 Å². The van der Waals surface area contributed by atoms with Crippen LogP contribution in [0.1, 0.15) is 19.1 Å². The second kappa shape index (κ2) is 8.35. The highest BCUT2D eigenvalue weighted by molar-refractivity contribution is 5.84. The summed E-state index contributed by atoms with van der Waals surface area (Å²) in [6, 6.07) is 0. The molecule has 1 unspecified atom stereocenters. The van der Waals surface area contributed by atoms with Crippen LogP contribution < -0.4 is 11.1 Å². The molecule has 0 bridgehead atoms. The molecule has 2 fully saturated rings. The van der Waals surface area contributed by atoms with Gasteiger partial charge in [0.1, 0.15) is 24.6 Å². The van der Waals surface area contributed by atoms with Crippen molar-refractivity contribution in [1.29, 1.82) is 0 Å². The molecule has 0 aliphatic carbocycles. The van der Waals surface area contributed by atoms with E-state index in [0.717, 1.165) is 25.9 Å². The standard InChI is InChI=1S/C16H24N10O3/c17-13-10-14(21-8-20-13)26(16(23-10)19-3-1-2-4-22-24-18)15-12(28)11(27)9(29-15)7-25-5-6-25/h8-9,11-12,15,27-28H,1-7H2,(H,19,23)(H2,17,20,21)/t9-,11+,12?,15-/m1/s1. The van der Waals surface area contributed by atoms with E-state index in [4.69, 9.17) is 16.0 Å². The summed E-state index contributed by atoms with van der Waals surface area (Å²) in [4.78, 5) is 17.6. The highest BCUT2D eigenvalue weighted by Crippen LogP contribution is 2.35. The Morgan fingerprint density at radius 1 is 1.31 bits per heavy atom. The van der Waals surface area contributed by atoms with Gasteiger partial charge >= 0.3 is 0 Å². The van der Waals surface area contributed by atoms with Crippen molar-refractivity contribution in [3.8, 4) is 0 Å². The van der Waals surface area contributed by atoms with Crippen LogP contribution in [0.3, 0.4) is 0 Å². The van der Waals surface area contributed by atoms with Crippen LogP contribution in [0.5, 0.6) is 0 Å². The van der Waals surface area contributed by atoms with Crippen molar-refractivity contribution < 1.29 is 14.9 Å². The van der Waals surface area contributed by atoms with Crippen molar-refractivity contribution in [2.24, 2.45) is 5.11 Å². The molecule has 0 saturated carbocycles. The van der Waals surface area contributed by atoms with Gasteiger partial charge in [0.25, 0.3) is 0 Å². The number of hydrogen-bond donors (Lipinski definition) is 4. The Balaban J connectivity index is 1.57. The molecule has 13 heteroatoms. The van der Waals surface area contributed by atoms with Crippen LogP contribution in [0, 0.1) is 0 Å². The Labute approximate surface area is 166 Å². The number of ether oxygens (including phenoxy) is 1. The van der Waals surface area contributed by atoms with Crippen molar-refractivity contribution >= 4 is 22.9 Å². The molecule has 0 amide bonds. The van der Waals surface area contributed by atoms with Crippen LogP contribution in [0.2, 0.25) is 0 Å². The Kier molecular flexibility index (Phi) is 5.65. The SMILES string of the molecule is [N-]=[N+]=NCCCCNc1nc2c(N)ncnc2n1[C@@H]1O[C@H](CN2CC2)[C@H](O)C1O. The quantitative estimate of drug-likeness (QED) is 0.145. The molecule has 0 aromatic carbocycles. The van der Waals surface area contributed by atoms with Crippen LogP contribution in [-0.4, -0.2) is 85.7 Å². The van der Waals surface area contributed by atoms with Gasteiger partial charge in [-0.15, -0.1) is 0 Å². The Bertz CT molecular complexity index is 910. The number of unbranched alkanes of at least 4 members (excludes halogenated alkanes) is 1. The maximum atomic E-state index is 10.7. The molecule has 5 N–H and O–H groups in total. The number of nitrogens with one attached hydrogen (secondary N) is 1. The maximum absolute atomic E-state index is 10.7. The van der Waals surface area contributed by atoms with Gasteiger partial charge in [0, 0.05) is 37.6 Å². The first-order chi connectivity index (χ1) is 14.1. The summed E-state index contributed by atoms with van der Waals surface area (Å²) < 4.78 is 7.64. The number of aromatic nitrogens is 4. The van der Waals surface area contributed by atoms with Gasteiger partial charge in [-0.25, -0.2) is 15.0 Å². The van der Waals surface area contributed by atoms with E-state index in [1.807, 2.05) is 0 Å². The highest BCUT2D eigenvalue weighted by Gasteiger charge is 2.46. The molecule has 156 valence electrons. The second-order valence-corrected chi connectivity index (χ2v) is 7.17. The monoisotopic (exact) mass is 404 g/mol. The zero-order valence-corrected chi connectivity index (χ0v) is 15.8. The van der Waals surface area contributed by atoms with E-state index in [0.29, 0.717) is 36.7 Å². The molecule has 13 nitrogen and oxygen atoms in total. The lowest BCUT2D eigenvalue weighted by Gasteiger charge is -2.19. The summed E-state index contributed by atoms with van der Waals surface area (Å²) in [5.41, 5.74) is 15.1. The number of aliphatic hydroxyl groups is 2. The average Bonchev–Trinajstić information content (AvgIpc) is 3.40. The molecule has 2 aliphatic rings. The van der Waals surface area contributed by atoms with Crippen LogP contribution in [0.4, 0.5) is 11.8 Å². The smallest absolute Gasteiger partial charge is 0.207 e. The number of nitrogens with zero attached hydrogens (tertiary/aromatic N) is 8. The minimum absolute atomic E-state index is 0.217. The number of aliphatic hydroxyl groups excluding tert-OH is 2. The molecular weight excluding hydrogens is 380 g/mol. The lowest BCUT2D eigenvalue weighted by Crippen LogP contribution is -2.35. The minimum Gasteiger partial charge on any atom is -0.387 e. The number of imidazole rings is 1. The highest BCUT2D eigenvalue weighted by atomic mass is 16.6. The lowest BCUT2D eigenvalue weighted by atomic mass is 10.1. The van der Waals surface area contributed by atoms with Gasteiger partial charge in [0.05, 0.1) is 0 Å². The van der Waals surface area contributed by atoms with E-state index >= 15 is 0 Å². The average molecular weight is 404 g/mol. The number of fused-ring (bicyclic) bond motifs is 1. The summed E-state index contributed by atoms with van der Waals surface area (Å²) in [5.74, 6) is 0.633. The summed E-state index contributed by atoms with van der Waals surface area (Å²) in [6.45, 7) is 3.46. The topological polar surface area (TPSA) is 183 Å². The van der Waals surface area contributed by atoms with Crippen molar-refractivity contribution in [3.63, 3.8) is 0 Å². The first-order valence-corrected chi connectivity index (χ1v) is 9.57. The van der Waals surface area contributed by atoms with Gasteiger partial charge in [0.15, 0.2) is 23.2 Å². The summed E-state index contributed by atoms with van der Waals surface area (Å²) >= 11 is 0. The number of azide groups is 1. The molecular formula is C16H24N10O3. The zero-order valence-electron chi connectivity index (χ0n) is 15.8. The van der Waals surface area contributed by atoms with E-state index in [2.05, 4.69) is 35.2 Å². The van der Waals surface area contributed by atoms with E-state index in [-0.39, 0.29) is 5.82 Å². The Morgan fingerprint density at radius 2 is 2.14 bits per heavy atom. The molecule has 2 aromatic rings. The van der Waals surface area contributed by atoms with E-state index < -0.39 is 24.5 Å². The maximum Gasteiger partial charge on any atom is 0.207 e. The van der Waals surface area contributed by atoms with Gasteiger partial charge in [0.2, 0.25) is 5.95 Å². The normalized spacial score (nSPS) is 26.6. The molecule has 4 atom stereocenters. The van der Waals surface area contributed by atoms with Crippen molar-refractivity contribution in [1.82, 2.24) is 24.4 Å². The molecule has 0 spiro atoms. The number of hydrogen-bond acceptors (Lipinski definition) is 10. The third kappa shape index (κ3) is 4.04. The third-order valence-electron chi connectivity index (χ3n) is 5.11. The molecule has 2 saturated heterocycles. The molecule has 4 rings (SSSR count). The molecule has 4 heterocycles. The first-order valence-electron chi connectivity index (χ1n) is 9.57. The largest absolute Gasteiger partial charge is 0.387 e. The fraction of sp³-hybridized carbons (Fsp3) is 0.688. The summed E-state index contributed by atoms with van der Waals surface area (Å²) in [5, 5.41) is 27.8. The zero-order chi connectivity index (χ0) is 20.4. The van der Waals surface area contributed by atoms with Crippen LogP contribution >= 0.6 is 0 Å². The van der Waals surface area contributed by atoms with Crippen LogP contribution in [-0.2, 0) is 4.74 Å². The Hall–Kier alpha value is -2.70. The van der Waals surface area contributed by atoms with Crippen molar-refractivity contribution in [2.45, 2.75) is 37.4 Å². The van der Waals surface area contributed by atoms with Crippen LogP contribution in [0.25, 0.3) is 21.6 Å². The van der Waals surface area contributed by atoms with E-state index in [1.165, 1.54) is 6.33 Å². The number of nitrogens with two attached hydrogens (primary N) is 1. The van der Waals surface area contributed by atoms with Gasteiger partial charge in [-0.2, -0.15) is 0 Å². The summed E-state index contributed by atoms with van der Waals surface area (Å²) in [7, 11) is 0. The minimum atomic E-state index is -1.14. The predicted octanol–water partition coefficient (Wildman–Crippen LogP) is -0.154. The fourth-order valence-corrected chi connectivity index (χ4v) is 3.45. The molecule has 0 radical (unpaired) electrons. The Morgan fingerprint density at radius 3 is 2.90 bits per heavy atom. The molecule has 2 aliphatic heterocycles. The van der Waals surface area contributed by atoms with Crippen LogP contribution in [0.15, 0.2) is 11.4 Å². The predicted molar refractivity (Wildman–Crippen MR) is 104 cm³/mol. The fourth-order valence-electron chi connectivity index (χ4n) is 3.45. The third-order valence-corrected chi connectivity index (χ3v) is 5.11. The second-order valence-electron chi connectivity index (χ2n) is 7.17. The lowest BCUT2D eigenvalue weighted by molar-refractivity contribution is -0.0364. The summed E-state index contributed by atoms with van der Waals surface area (Å²) in [6.07, 6.45) is -0.737. The molecule has 2 aromatic heterocycles. The van der Waals surface area contributed by atoms with Crippen molar-refractivity contribution in [3.05, 3.63) is 16.8 Å². The van der Waals surface area contributed by atoms with Gasteiger partial charge in [-0.05, 0) is 18.4 Å². The van der Waals surface area contributed by atoms with Gasteiger partial charge in [-0.3, -0.25) is 9.47 Å². The number of nitrogen functional groups attached to an aromatic ring is 1. The van der Waals surface area contributed by atoms with E-state index in [9.17, 15) is 10.2 Å². The van der Waals surface area contributed by atoms with E-state index in [1.54, 1.807) is 4.57 Å². The number of anilines is 2.